The third kappa shape index (κ3) is 5.57. The first-order valence-electron chi connectivity index (χ1n) is 8.04. The number of imide groups is 1. The zero-order valence-corrected chi connectivity index (χ0v) is 14.6. The van der Waals surface area contributed by atoms with Gasteiger partial charge in [0.25, 0.3) is 5.91 Å². The van der Waals surface area contributed by atoms with Crippen LogP contribution < -0.4 is 5.32 Å². The molecule has 0 bridgehead atoms. The number of nitrogens with zero attached hydrogens (tertiary/aromatic N) is 2. The van der Waals surface area contributed by atoms with Crippen LogP contribution in [0, 0.1) is 5.41 Å². The highest BCUT2D eigenvalue weighted by atomic mass is 16.3. The van der Waals surface area contributed by atoms with Crippen molar-refractivity contribution in [1.82, 2.24) is 15.1 Å². The van der Waals surface area contributed by atoms with E-state index in [1.165, 1.54) is 4.90 Å². The van der Waals surface area contributed by atoms with Crippen LogP contribution in [-0.2, 0) is 4.79 Å². The number of urea groups is 1. The van der Waals surface area contributed by atoms with Gasteiger partial charge in [0.15, 0.2) is 0 Å². The highest BCUT2D eigenvalue weighted by Gasteiger charge is 2.43. The van der Waals surface area contributed by atoms with Crippen LogP contribution in [0.3, 0.4) is 0 Å². The second-order valence-electron chi connectivity index (χ2n) is 7.78. The first-order valence-corrected chi connectivity index (χ1v) is 8.04. The molecule has 0 aromatic rings. The van der Waals surface area contributed by atoms with Gasteiger partial charge < -0.3 is 15.3 Å². The lowest BCUT2D eigenvalue weighted by atomic mass is 9.96. The molecule has 0 aliphatic carbocycles. The Morgan fingerprint density at radius 2 is 1.77 bits per heavy atom. The van der Waals surface area contributed by atoms with Crippen molar-refractivity contribution in [3.05, 3.63) is 0 Å². The quantitative estimate of drug-likeness (QED) is 0.665. The number of aliphatic hydroxyl groups excluding tert-OH is 1. The third-order valence-corrected chi connectivity index (χ3v) is 3.63. The zero-order chi connectivity index (χ0) is 17.0. The standard InChI is InChI=1S/C16H31N3O3/c1-15(2,3)12-18(9-7-11-20)8-6-10-19-13(21)16(4,5)17-14(19)22/h20H,6-12H2,1-5H3,(H,17,22). The van der Waals surface area contributed by atoms with Crippen LogP contribution in [0.1, 0.15) is 47.5 Å². The lowest BCUT2D eigenvalue weighted by Crippen LogP contribution is -2.41. The number of amides is 3. The van der Waals surface area contributed by atoms with Crippen LogP contribution in [0.5, 0.6) is 0 Å². The van der Waals surface area contributed by atoms with E-state index in [9.17, 15) is 9.59 Å². The molecule has 1 rings (SSSR count). The summed E-state index contributed by atoms with van der Waals surface area (Å²) >= 11 is 0. The topological polar surface area (TPSA) is 72.9 Å². The van der Waals surface area contributed by atoms with Gasteiger partial charge in [-0.3, -0.25) is 9.69 Å². The second-order valence-corrected chi connectivity index (χ2v) is 7.78. The molecule has 1 fully saturated rings. The summed E-state index contributed by atoms with van der Waals surface area (Å²) in [6.45, 7) is 13.2. The van der Waals surface area contributed by atoms with E-state index in [-0.39, 0.29) is 24.0 Å². The van der Waals surface area contributed by atoms with Gasteiger partial charge >= 0.3 is 6.03 Å². The van der Waals surface area contributed by atoms with E-state index in [1.807, 2.05) is 0 Å². The predicted octanol–water partition coefficient (Wildman–Crippen LogP) is 1.44. The summed E-state index contributed by atoms with van der Waals surface area (Å²) in [6, 6.07) is -0.298. The van der Waals surface area contributed by atoms with Gasteiger partial charge in [-0.25, -0.2) is 4.79 Å². The average molecular weight is 313 g/mol. The van der Waals surface area contributed by atoms with Gasteiger partial charge in [-0.2, -0.15) is 0 Å². The van der Waals surface area contributed by atoms with Crippen molar-refractivity contribution in [3.63, 3.8) is 0 Å². The second kappa shape index (κ2) is 7.42. The summed E-state index contributed by atoms with van der Waals surface area (Å²) in [7, 11) is 0. The van der Waals surface area contributed by atoms with Gasteiger partial charge in [0.05, 0.1) is 0 Å². The highest BCUT2D eigenvalue weighted by molar-refractivity contribution is 6.06. The molecule has 22 heavy (non-hydrogen) atoms. The summed E-state index contributed by atoms with van der Waals surface area (Å²) < 4.78 is 0. The Hall–Kier alpha value is -1.14. The lowest BCUT2D eigenvalue weighted by Gasteiger charge is -2.30. The van der Waals surface area contributed by atoms with Crippen LogP contribution in [0.2, 0.25) is 0 Å². The molecular weight excluding hydrogens is 282 g/mol. The smallest absolute Gasteiger partial charge is 0.325 e. The maximum atomic E-state index is 12.1. The van der Waals surface area contributed by atoms with Crippen LogP contribution in [0.4, 0.5) is 4.79 Å². The summed E-state index contributed by atoms with van der Waals surface area (Å²) in [6.07, 6.45) is 1.49. The molecule has 1 heterocycles. The summed E-state index contributed by atoms with van der Waals surface area (Å²) in [5, 5.41) is 11.7. The molecule has 0 saturated carbocycles. The largest absolute Gasteiger partial charge is 0.396 e. The van der Waals surface area contributed by atoms with Gasteiger partial charge in [0, 0.05) is 26.2 Å². The Labute approximate surface area is 133 Å². The number of nitrogens with one attached hydrogen (secondary N) is 1. The summed E-state index contributed by atoms with van der Waals surface area (Å²) in [4.78, 5) is 27.5. The Bertz CT molecular complexity index is 402. The molecule has 0 atom stereocenters. The first-order chi connectivity index (χ1) is 10.1. The van der Waals surface area contributed by atoms with Crippen LogP contribution >= 0.6 is 0 Å². The molecule has 2 N–H and O–H groups in total. The molecular formula is C16H31N3O3. The third-order valence-electron chi connectivity index (χ3n) is 3.63. The minimum atomic E-state index is -0.793. The van der Waals surface area contributed by atoms with E-state index >= 15 is 0 Å². The predicted molar refractivity (Wildman–Crippen MR) is 86.5 cm³/mol. The molecule has 0 aromatic carbocycles. The van der Waals surface area contributed by atoms with E-state index in [0.717, 1.165) is 32.5 Å². The molecule has 1 aliphatic heterocycles. The molecule has 0 aromatic heterocycles. The first kappa shape index (κ1) is 18.9. The van der Waals surface area contributed by atoms with E-state index in [2.05, 4.69) is 31.0 Å². The normalized spacial score (nSPS) is 18.2. The number of carbonyl (C=O) groups excluding carboxylic acids is 2. The van der Waals surface area contributed by atoms with Crippen LogP contribution in [0.25, 0.3) is 0 Å². The van der Waals surface area contributed by atoms with Crippen LogP contribution in [0.15, 0.2) is 0 Å². The molecule has 3 amide bonds. The van der Waals surface area contributed by atoms with E-state index in [0.29, 0.717) is 6.54 Å². The van der Waals surface area contributed by atoms with Gasteiger partial charge in [-0.15, -0.1) is 0 Å². The maximum absolute atomic E-state index is 12.1. The minimum Gasteiger partial charge on any atom is -0.396 e. The molecule has 1 aliphatic rings. The average Bonchev–Trinajstić information content (AvgIpc) is 2.55. The minimum absolute atomic E-state index is 0.157. The van der Waals surface area contributed by atoms with Crippen molar-refractivity contribution in [1.29, 1.82) is 0 Å². The number of aliphatic hydroxyl groups is 1. The molecule has 128 valence electrons. The van der Waals surface area contributed by atoms with Crippen molar-refractivity contribution < 1.29 is 14.7 Å². The van der Waals surface area contributed by atoms with Crippen molar-refractivity contribution in [2.45, 2.75) is 53.0 Å². The van der Waals surface area contributed by atoms with Gasteiger partial charge in [0.2, 0.25) is 0 Å². The van der Waals surface area contributed by atoms with Crippen molar-refractivity contribution in [2.75, 3.05) is 32.8 Å². The van der Waals surface area contributed by atoms with Crippen LogP contribution in [-0.4, -0.2) is 65.2 Å². The zero-order valence-electron chi connectivity index (χ0n) is 14.6. The molecule has 6 heteroatoms. The number of rotatable bonds is 8. The van der Waals surface area contributed by atoms with Gasteiger partial charge in [-0.05, 0) is 38.6 Å². The monoisotopic (exact) mass is 313 g/mol. The fourth-order valence-electron chi connectivity index (χ4n) is 2.71. The summed E-state index contributed by atoms with van der Waals surface area (Å²) in [5.41, 5.74) is -0.614. The molecule has 6 nitrogen and oxygen atoms in total. The van der Waals surface area contributed by atoms with Crippen molar-refractivity contribution >= 4 is 11.9 Å². The van der Waals surface area contributed by atoms with Crippen molar-refractivity contribution in [3.8, 4) is 0 Å². The molecule has 1 saturated heterocycles. The molecule has 0 unspecified atom stereocenters. The fraction of sp³-hybridized carbons (Fsp3) is 0.875. The SMILES string of the molecule is CC(C)(C)CN(CCCO)CCCN1C(=O)NC(C)(C)C1=O. The van der Waals surface area contributed by atoms with E-state index in [4.69, 9.17) is 5.11 Å². The number of hydrogen-bond acceptors (Lipinski definition) is 4. The lowest BCUT2D eigenvalue weighted by molar-refractivity contribution is -0.130. The highest BCUT2D eigenvalue weighted by Crippen LogP contribution is 2.18. The summed E-state index contributed by atoms with van der Waals surface area (Å²) in [5.74, 6) is -0.157. The Balaban J connectivity index is 2.48. The van der Waals surface area contributed by atoms with E-state index < -0.39 is 5.54 Å². The molecule has 0 spiro atoms. The van der Waals surface area contributed by atoms with E-state index in [1.54, 1.807) is 13.8 Å². The number of hydrogen-bond donors (Lipinski definition) is 2. The Morgan fingerprint density at radius 1 is 1.18 bits per heavy atom. The van der Waals surface area contributed by atoms with Gasteiger partial charge in [0.1, 0.15) is 5.54 Å². The Morgan fingerprint density at radius 3 is 2.23 bits per heavy atom. The van der Waals surface area contributed by atoms with Gasteiger partial charge in [-0.1, -0.05) is 20.8 Å². The van der Waals surface area contributed by atoms with Crippen molar-refractivity contribution in [2.24, 2.45) is 5.41 Å². The fourth-order valence-corrected chi connectivity index (χ4v) is 2.71. The maximum Gasteiger partial charge on any atom is 0.325 e. The Kier molecular flexibility index (Phi) is 6.38. The molecule has 0 radical (unpaired) electrons. The number of carbonyl (C=O) groups is 2.